The third kappa shape index (κ3) is 7.21. The number of anilines is 1. The number of halogens is 1. The third-order valence-corrected chi connectivity index (χ3v) is 5.92. The molecule has 28 heavy (non-hydrogen) atoms. The van der Waals surface area contributed by atoms with Crippen LogP contribution in [0.1, 0.15) is 31.2 Å². The average Bonchev–Trinajstić information content (AvgIpc) is 2.62. The maximum atomic E-state index is 11.9. The minimum absolute atomic E-state index is 0. The van der Waals surface area contributed by atoms with E-state index < -0.39 is 10.0 Å². The molecule has 1 aromatic rings. The Hall–Kier alpha value is -1.40. The van der Waals surface area contributed by atoms with Crippen molar-refractivity contribution in [2.45, 2.75) is 25.7 Å². The summed E-state index contributed by atoms with van der Waals surface area (Å²) in [5.41, 5.74) is 1.98. The van der Waals surface area contributed by atoms with Crippen LogP contribution in [0.2, 0.25) is 0 Å². The van der Waals surface area contributed by atoms with Gasteiger partial charge < -0.3 is 16.0 Å². The van der Waals surface area contributed by atoms with Crippen molar-refractivity contribution in [2.24, 2.45) is 4.99 Å². The molecule has 0 radical (unpaired) electrons. The Kier molecular flexibility index (Phi) is 10.2. The van der Waals surface area contributed by atoms with Crippen LogP contribution in [0.5, 0.6) is 0 Å². The zero-order valence-corrected chi connectivity index (χ0v) is 19.7. The van der Waals surface area contributed by atoms with Gasteiger partial charge in [-0.25, -0.2) is 12.7 Å². The predicted molar refractivity (Wildman–Crippen MR) is 124 cm³/mol. The molecule has 1 amide bonds. The number of nitrogens with one attached hydrogen (secondary N) is 3. The lowest BCUT2D eigenvalue weighted by atomic mass is 9.90. The summed E-state index contributed by atoms with van der Waals surface area (Å²) in [6, 6.07) is 7.82. The zero-order valence-electron chi connectivity index (χ0n) is 16.6. The van der Waals surface area contributed by atoms with Gasteiger partial charge in [-0.15, -0.1) is 24.0 Å². The van der Waals surface area contributed by atoms with Crippen LogP contribution in [0.15, 0.2) is 29.3 Å². The van der Waals surface area contributed by atoms with E-state index in [0.717, 1.165) is 11.3 Å². The van der Waals surface area contributed by atoms with Crippen LogP contribution in [-0.2, 0) is 14.8 Å². The molecular formula is C18H30IN5O3S. The highest BCUT2D eigenvalue weighted by atomic mass is 127. The number of aliphatic imine (C=N–C) groups is 1. The van der Waals surface area contributed by atoms with Crippen LogP contribution in [0, 0.1) is 0 Å². The van der Waals surface area contributed by atoms with Gasteiger partial charge in [0.2, 0.25) is 15.9 Å². The SMILES string of the molecule is CCN(CCCNC(=NC)NCC1CC(=O)Nc2ccccc21)S(C)(=O)=O.I. The Balaban J connectivity index is 0.00000392. The van der Waals surface area contributed by atoms with E-state index in [1.54, 1.807) is 7.05 Å². The molecule has 1 aliphatic rings. The lowest BCUT2D eigenvalue weighted by Crippen LogP contribution is -2.41. The molecule has 10 heteroatoms. The summed E-state index contributed by atoms with van der Waals surface area (Å²) in [4.78, 5) is 16.1. The Morgan fingerprint density at radius 2 is 2.04 bits per heavy atom. The average molecular weight is 523 g/mol. The normalized spacial score (nSPS) is 16.8. The number of hydrogen-bond acceptors (Lipinski definition) is 4. The van der Waals surface area contributed by atoms with E-state index in [9.17, 15) is 13.2 Å². The molecular weight excluding hydrogens is 493 g/mol. The van der Waals surface area contributed by atoms with Crippen LogP contribution >= 0.6 is 24.0 Å². The molecule has 0 saturated carbocycles. The molecule has 1 atom stereocenters. The number of rotatable bonds is 8. The van der Waals surface area contributed by atoms with E-state index in [1.807, 2.05) is 31.2 Å². The predicted octanol–water partition coefficient (Wildman–Crippen LogP) is 1.57. The number of carbonyl (C=O) groups excluding carboxylic acids is 1. The fraction of sp³-hybridized carbons (Fsp3) is 0.556. The van der Waals surface area contributed by atoms with Crippen molar-refractivity contribution in [3.8, 4) is 0 Å². The highest BCUT2D eigenvalue weighted by molar-refractivity contribution is 14.0. The fourth-order valence-electron chi connectivity index (χ4n) is 3.15. The topological polar surface area (TPSA) is 103 Å². The molecule has 1 heterocycles. The summed E-state index contributed by atoms with van der Waals surface area (Å²) in [6.45, 7) is 3.96. The van der Waals surface area contributed by atoms with Crippen molar-refractivity contribution in [1.29, 1.82) is 0 Å². The maximum Gasteiger partial charge on any atom is 0.225 e. The van der Waals surface area contributed by atoms with Gasteiger partial charge in [0.05, 0.1) is 6.26 Å². The van der Waals surface area contributed by atoms with Crippen molar-refractivity contribution < 1.29 is 13.2 Å². The van der Waals surface area contributed by atoms with E-state index in [4.69, 9.17) is 0 Å². The second kappa shape index (κ2) is 11.6. The molecule has 1 aromatic carbocycles. The van der Waals surface area contributed by atoms with Crippen molar-refractivity contribution in [3.05, 3.63) is 29.8 Å². The minimum Gasteiger partial charge on any atom is -0.356 e. The summed E-state index contributed by atoms with van der Waals surface area (Å²) in [6.07, 6.45) is 2.33. The van der Waals surface area contributed by atoms with Crippen LogP contribution < -0.4 is 16.0 Å². The first-order valence-corrected chi connectivity index (χ1v) is 11.0. The number of guanidine groups is 1. The molecule has 8 nitrogen and oxygen atoms in total. The minimum atomic E-state index is -3.16. The van der Waals surface area contributed by atoms with Gasteiger partial charge in [-0.1, -0.05) is 25.1 Å². The number of nitrogens with zero attached hydrogens (tertiary/aromatic N) is 2. The highest BCUT2D eigenvalue weighted by Gasteiger charge is 2.24. The maximum absolute atomic E-state index is 11.9. The van der Waals surface area contributed by atoms with Crippen LogP contribution in [0.4, 0.5) is 5.69 Å². The molecule has 158 valence electrons. The molecule has 0 saturated heterocycles. The van der Waals surface area contributed by atoms with Gasteiger partial charge in [-0.3, -0.25) is 9.79 Å². The molecule has 0 spiro atoms. The monoisotopic (exact) mass is 523 g/mol. The lowest BCUT2D eigenvalue weighted by Gasteiger charge is -2.26. The number of carbonyl (C=O) groups is 1. The third-order valence-electron chi connectivity index (χ3n) is 4.54. The molecule has 0 aromatic heterocycles. The summed E-state index contributed by atoms with van der Waals surface area (Å²) in [5, 5.41) is 9.35. The van der Waals surface area contributed by atoms with Crippen LogP contribution in [-0.4, -0.2) is 64.1 Å². The molecule has 0 fully saturated rings. The Morgan fingerprint density at radius 3 is 2.68 bits per heavy atom. The number of fused-ring (bicyclic) bond motifs is 1. The van der Waals surface area contributed by atoms with Crippen LogP contribution in [0.3, 0.4) is 0 Å². The number of sulfonamides is 1. The number of benzene rings is 1. The fourth-order valence-corrected chi connectivity index (χ4v) is 4.07. The van der Waals surface area contributed by atoms with Crippen molar-refractivity contribution >= 4 is 51.6 Å². The first-order chi connectivity index (χ1) is 12.8. The van der Waals surface area contributed by atoms with Crippen molar-refractivity contribution in [3.63, 3.8) is 0 Å². The van der Waals surface area contributed by atoms with E-state index in [-0.39, 0.29) is 35.8 Å². The van der Waals surface area contributed by atoms with Gasteiger partial charge >= 0.3 is 0 Å². The molecule has 1 aliphatic heterocycles. The van der Waals surface area contributed by atoms with Gasteiger partial charge in [0.1, 0.15) is 0 Å². The Morgan fingerprint density at radius 1 is 1.32 bits per heavy atom. The van der Waals surface area contributed by atoms with Crippen molar-refractivity contribution in [2.75, 3.05) is 44.8 Å². The Labute approximate surface area is 184 Å². The summed E-state index contributed by atoms with van der Waals surface area (Å²) < 4.78 is 24.6. The van der Waals surface area contributed by atoms with Gasteiger partial charge in [0.15, 0.2) is 5.96 Å². The standard InChI is InChI=1S/C18H29N5O3S.HI/c1-4-23(27(3,25)26)11-7-10-20-18(19-2)21-13-14-12-17(24)22-16-9-6-5-8-15(14)16;/h5-6,8-9,14H,4,7,10-13H2,1-3H3,(H,22,24)(H2,19,20,21);1H. The molecule has 3 N–H and O–H groups in total. The smallest absolute Gasteiger partial charge is 0.225 e. The quantitative estimate of drug-likeness (QED) is 0.208. The highest BCUT2D eigenvalue weighted by Crippen LogP contribution is 2.31. The second-order valence-electron chi connectivity index (χ2n) is 6.52. The van der Waals surface area contributed by atoms with Gasteiger partial charge in [-0.2, -0.15) is 0 Å². The molecule has 0 bridgehead atoms. The first kappa shape index (κ1) is 24.6. The van der Waals surface area contributed by atoms with Gasteiger partial charge in [0.25, 0.3) is 0 Å². The zero-order chi connectivity index (χ0) is 19.9. The van der Waals surface area contributed by atoms with Gasteiger partial charge in [-0.05, 0) is 18.1 Å². The lowest BCUT2D eigenvalue weighted by molar-refractivity contribution is -0.116. The number of para-hydroxylation sites is 1. The van der Waals surface area contributed by atoms with Crippen molar-refractivity contribution in [1.82, 2.24) is 14.9 Å². The number of hydrogen-bond donors (Lipinski definition) is 3. The summed E-state index contributed by atoms with van der Waals surface area (Å²) >= 11 is 0. The number of amides is 1. The van der Waals surface area contributed by atoms with E-state index in [2.05, 4.69) is 20.9 Å². The van der Waals surface area contributed by atoms with E-state index in [1.165, 1.54) is 10.6 Å². The van der Waals surface area contributed by atoms with E-state index >= 15 is 0 Å². The second-order valence-corrected chi connectivity index (χ2v) is 8.51. The molecule has 0 aliphatic carbocycles. The van der Waals surface area contributed by atoms with Crippen LogP contribution in [0.25, 0.3) is 0 Å². The Bertz CT molecular complexity index is 785. The van der Waals surface area contributed by atoms with Gasteiger partial charge in [0, 0.05) is 51.3 Å². The first-order valence-electron chi connectivity index (χ1n) is 9.13. The largest absolute Gasteiger partial charge is 0.356 e. The molecule has 1 unspecified atom stereocenters. The summed E-state index contributed by atoms with van der Waals surface area (Å²) in [5.74, 6) is 0.735. The summed E-state index contributed by atoms with van der Waals surface area (Å²) in [7, 11) is -1.47. The molecule has 2 rings (SSSR count). The van der Waals surface area contributed by atoms with E-state index in [0.29, 0.717) is 45.0 Å².